The number of anilines is 1. The van der Waals surface area contributed by atoms with Crippen LogP contribution in [0.25, 0.3) is 0 Å². The van der Waals surface area contributed by atoms with E-state index in [-0.39, 0.29) is 30.5 Å². The lowest BCUT2D eigenvalue weighted by molar-refractivity contribution is -0.137. The number of alkyl halides is 3. The Bertz CT molecular complexity index is 557. The minimum atomic E-state index is -4.47. The van der Waals surface area contributed by atoms with Crippen LogP contribution in [0.3, 0.4) is 0 Å². The molecular formula is C14H15F3N2O2. The van der Waals surface area contributed by atoms with Gasteiger partial charge in [-0.15, -0.1) is 0 Å². The first-order valence-electron chi connectivity index (χ1n) is 6.61. The Morgan fingerprint density at radius 1 is 1.33 bits per heavy atom. The first kappa shape index (κ1) is 15.3. The fourth-order valence-corrected chi connectivity index (χ4v) is 2.22. The number of nitrogens with zero attached hydrogens (tertiary/aromatic N) is 1. The highest BCUT2D eigenvalue weighted by atomic mass is 19.4. The summed E-state index contributed by atoms with van der Waals surface area (Å²) < 4.78 is 38.2. The average molecular weight is 300 g/mol. The Morgan fingerprint density at radius 3 is 2.67 bits per heavy atom. The molecule has 0 saturated carbocycles. The summed E-state index contributed by atoms with van der Waals surface area (Å²) >= 11 is 0. The van der Waals surface area contributed by atoms with Crippen molar-refractivity contribution < 1.29 is 22.8 Å². The van der Waals surface area contributed by atoms with Gasteiger partial charge in [0.25, 0.3) is 0 Å². The summed E-state index contributed by atoms with van der Waals surface area (Å²) in [5.41, 5.74) is -0.658. The topological polar surface area (TPSA) is 49.4 Å². The summed E-state index contributed by atoms with van der Waals surface area (Å²) in [6.45, 7) is 1.81. The van der Waals surface area contributed by atoms with Crippen LogP contribution < -0.4 is 10.2 Å². The largest absolute Gasteiger partial charge is 0.416 e. The molecule has 1 aromatic rings. The molecule has 21 heavy (non-hydrogen) atoms. The van der Waals surface area contributed by atoms with Gasteiger partial charge in [-0.3, -0.25) is 9.59 Å². The molecule has 2 amide bonds. The summed E-state index contributed by atoms with van der Waals surface area (Å²) in [5, 5.41) is 2.57. The lowest BCUT2D eigenvalue weighted by atomic mass is 10.1. The van der Waals surface area contributed by atoms with Gasteiger partial charge in [0.1, 0.15) is 6.04 Å². The predicted octanol–water partition coefficient (Wildman–Crippen LogP) is 2.34. The Balaban J connectivity index is 2.35. The second kappa shape index (κ2) is 5.75. The molecule has 0 radical (unpaired) electrons. The van der Waals surface area contributed by atoms with E-state index < -0.39 is 17.8 Å². The minimum absolute atomic E-state index is 0.0679. The van der Waals surface area contributed by atoms with Gasteiger partial charge in [0.2, 0.25) is 11.8 Å². The van der Waals surface area contributed by atoms with E-state index in [9.17, 15) is 22.8 Å². The maximum atomic E-state index is 12.7. The van der Waals surface area contributed by atoms with Crippen molar-refractivity contribution in [1.29, 1.82) is 0 Å². The van der Waals surface area contributed by atoms with E-state index >= 15 is 0 Å². The van der Waals surface area contributed by atoms with E-state index in [0.29, 0.717) is 6.42 Å². The number of rotatable bonds is 2. The van der Waals surface area contributed by atoms with Gasteiger partial charge in [0, 0.05) is 18.7 Å². The Hall–Kier alpha value is -2.05. The lowest BCUT2D eigenvalue weighted by Gasteiger charge is -2.24. The van der Waals surface area contributed by atoms with Crippen LogP contribution in [0.5, 0.6) is 0 Å². The number of carbonyl (C=O) groups is 2. The van der Waals surface area contributed by atoms with Gasteiger partial charge in [-0.05, 0) is 24.6 Å². The zero-order valence-corrected chi connectivity index (χ0v) is 11.4. The molecule has 4 nitrogen and oxygen atoms in total. The number of hydrogen-bond donors (Lipinski definition) is 1. The third-order valence-corrected chi connectivity index (χ3v) is 3.36. The third kappa shape index (κ3) is 3.34. The monoisotopic (exact) mass is 300 g/mol. The van der Waals surface area contributed by atoms with Crippen LogP contribution in [-0.4, -0.2) is 24.4 Å². The van der Waals surface area contributed by atoms with Crippen LogP contribution in [0.4, 0.5) is 18.9 Å². The molecule has 1 N–H and O–H groups in total. The van der Waals surface area contributed by atoms with E-state index in [0.717, 1.165) is 12.1 Å². The number of nitrogens with one attached hydrogen (secondary N) is 1. The van der Waals surface area contributed by atoms with Gasteiger partial charge in [0.15, 0.2) is 0 Å². The number of carbonyl (C=O) groups excluding carboxylic acids is 2. The zero-order chi connectivity index (χ0) is 15.6. The molecule has 1 heterocycles. The van der Waals surface area contributed by atoms with Gasteiger partial charge in [-0.25, -0.2) is 0 Å². The maximum Gasteiger partial charge on any atom is 0.416 e. The van der Waals surface area contributed by atoms with Crippen molar-refractivity contribution in [3.8, 4) is 0 Å². The molecule has 7 heteroatoms. The van der Waals surface area contributed by atoms with Crippen LogP contribution in [-0.2, 0) is 15.8 Å². The molecule has 2 rings (SSSR count). The minimum Gasteiger partial charge on any atom is -0.344 e. The molecule has 1 unspecified atom stereocenters. The molecule has 1 saturated heterocycles. The van der Waals surface area contributed by atoms with Gasteiger partial charge in [0.05, 0.1) is 5.56 Å². The maximum absolute atomic E-state index is 12.7. The van der Waals surface area contributed by atoms with E-state index in [1.54, 1.807) is 6.92 Å². The quantitative estimate of drug-likeness (QED) is 0.911. The average Bonchev–Trinajstić information content (AvgIpc) is 2.57. The number of amides is 2. The highest BCUT2D eigenvalue weighted by Crippen LogP contribution is 2.32. The molecule has 0 aliphatic carbocycles. The smallest absolute Gasteiger partial charge is 0.344 e. The molecule has 1 aliphatic heterocycles. The van der Waals surface area contributed by atoms with Crippen LogP contribution >= 0.6 is 0 Å². The highest BCUT2D eigenvalue weighted by Gasteiger charge is 2.33. The number of benzene rings is 1. The predicted molar refractivity (Wildman–Crippen MR) is 70.6 cm³/mol. The highest BCUT2D eigenvalue weighted by molar-refractivity contribution is 6.01. The Labute approximate surface area is 119 Å². The van der Waals surface area contributed by atoms with Crippen LogP contribution in [0.15, 0.2) is 24.3 Å². The van der Waals surface area contributed by atoms with Gasteiger partial charge >= 0.3 is 6.18 Å². The van der Waals surface area contributed by atoms with Gasteiger partial charge < -0.3 is 10.2 Å². The summed E-state index contributed by atoms with van der Waals surface area (Å²) in [7, 11) is 0. The fraction of sp³-hybridized carbons (Fsp3) is 0.429. The van der Waals surface area contributed by atoms with Crippen LogP contribution in [0.1, 0.15) is 25.3 Å². The standard InChI is InChI=1S/C14H15F3N2O2/c1-2-11-13(21)19(7-6-12(20)18-11)10-5-3-4-9(8-10)14(15,16)17/h3-5,8,11H,2,6-7H2,1H3,(H,18,20). The SMILES string of the molecule is CCC1NC(=O)CCN(c2cccc(C(F)(F)F)c2)C1=O. The molecular weight excluding hydrogens is 285 g/mol. The van der Waals surface area contributed by atoms with Crippen molar-refractivity contribution in [2.24, 2.45) is 0 Å². The number of hydrogen-bond acceptors (Lipinski definition) is 2. The summed E-state index contributed by atoms with van der Waals surface area (Å²) in [5.74, 6) is -0.660. The zero-order valence-electron chi connectivity index (χ0n) is 11.4. The second-order valence-electron chi connectivity index (χ2n) is 4.82. The summed E-state index contributed by atoms with van der Waals surface area (Å²) in [6, 6.07) is 3.88. The van der Waals surface area contributed by atoms with Crippen LogP contribution in [0, 0.1) is 0 Å². The normalized spacial score (nSPS) is 20.2. The van der Waals surface area contributed by atoms with E-state index in [1.165, 1.54) is 17.0 Å². The van der Waals surface area contributed by atoms with Crippen molar-refractivity contribution in [3.63, 3.8) is 0 Å². The van der Waals surface area contributed by atoms with Crippen LogP contribution in [0.2, 0.25) is 0 Å². The molecule has 1 atom stereocenters. The summed E-state index contributed by atoms with van der Waals surface area (Å²) in [4.78, 5) is 25.1. The third-order valence-electron chi connectivity index (χ3n) is 3.36. The van der Waals surface area contributed by atoms with Crippen molar-refractivity contribution in [1.82, 2.24) is 5.32 Å². The molecule has 0 aromatic heterocycles. The van der Waals surface area contributed by atoms with E-state index in [2.05, 4.69) is 5.32 Å². The fourth-order valence-electron chi connectivity index (χ4n) is 2.22. The molecule has 1 fully saturated rings. The first-order chi connectivity index (χ1) is 9.82. The molecule has 114 valence electrons. The van der Waals surface area contributed by atoms with Crippen molar-refractivity contribution >= 4 is 17.5 Å². The Morgan fingerprint density at radius 2 is 2.05 bits per heavy atom. The first-order valence-corrected chi connectivity index (χ1v) is 6.61. The Kier molecular flexibility index (Phi) is 4.20. The summed E-state index contributed by atoms with van der Waals surface area (Å²) in [6.07, 6.45) is -4.01. The van der Waals surface area contributed by atoms with Crippen molar-refractivity contribution in [2.75, 3.05) is 11.4 Å². The molecule has 0 bridgehead atoms. The van der Waals surface area contributed by atoms with Gasteiger partial charge in [-0.1, -0.05) is 13.0 Å². The van der Waals surface area contributed by atoms with Gasteiger partial charge in [-0.2, -0.15) is 13.2 Å². The molecule has 0 spiro atoms. The molecule has 1 aromatic carbocycles. The molecule has 1 aliphatic rings. The van der Waals surface area contributed by atoms with Crippen molar-refractivity contribution in [3.05, 3.63) is 29.8 Å². The second-order valence-corrected chi connectivity index (χ2v) is 4.82. The van der Waals surface area contributed by atoms with Crippen molar-refractivity contribution in [2.45, 2.75) is 32.0 Å². The van der Waals surface area contributed by atoms with E-state index in [1.807, 2.05) is 0 Å². The lowest BCUT2D eigenvalue weighted by Crippen LogP contribution is -2.44. The van der Waals surface area contributed by atoms with E-state index in [4.69, 9.17) is 0 Å². The number of halogens is 3.